The summed E-state index contributed by atoms with van der Waals surface area (Å²) in [7, 11) is 0. The minimum absolute atomic E-state index is 0.119. The summed E-state index contributed by atoms with van der Waals surface area (Å²) in [5, 5.41) is 5.84. The molecular weight excluding hydrogens is 406 g/mol. The number of fused-ring (bicyclic) bond motifs is 1. The summed E-state index contributed by atoms with van der Waals surface area (Å²) in [6.45, 7) is 6.14. The van der Waals surface area contributed by atoms with Gasteiger partial charge in [0.25, 0.3) is 5.56 Å². The molecule has 0 aliphatic carbocycles. The van der Waals surface area contributed by atoms with Crippen LogP contribution in [0.25, 0.3) is 21.3 Å². The topological polar surface area (TPSA) is 88.1 Å². The van der Waals surface area contributed by atoms with Gasteiger partial charge in [-0.25, -0.2) is 4.98 Å². The molecule has 0 fully saturated rings. The Morgan fingerprint density at radius 3 is 2.66 bits per heavy atom. The molecule has 2 heterocycles. The summed E-state index contributed by atoms with van der Waals surface area (Å²) in [4.78, 5) is 30.1. The average molecular weight is 430 g/mol. The van der Waals surface area contributed by atoms with E-state index in [2.05, 4.69) is 21.2 Å². The van der Waals surface area contributed by atoms with E-state index in [1.165, 1.54) is 22.2 Å². The van der Waals surface area contributed by atoms with Crippen molar-refractivity contribution in [1.29, 1.82) is 0 Å². The van der Waals surface area contributed by atoms with Crippen molar-refractivity contribution in [2.75, 3.05) is 0 Å². The molecule has 3 N–H and O–H groups in total. The Labute approximate surface area is 178 Å². The second kappa shape index (κ2) is 9.15. The van der Waals surface area contributed by atoms with E-state index in [-0.39, 0.29) is 30.5 Å². The van der Waals surface area contributed by atoms with E-state index in [1.807, 2.05) is 50.4 Å². The fourth-order valence-corrected chi connectivity index (χ4v) is 3.97. The van der Waals surface area contributed by atoms with Gasteiger partial charge in [0, 0.05) is 30.0 Å². The monoisotopic (exact) mass is 429 g/mol. The molecule has 2 aromatic heterocycles. The molecule has 0 radical (unpaired) electrons. The Kier molecular flexibility index (Phi) is 6.60. The summed E-state index contributed by atoms with van der Waals surface area (Å²) >= 11 is 6.50. The number of hydrazine groups is 1. The summed E-state index contributed by atoms with van der Waals surface area (Å²) in [5.41, 5.74) is 8.03. The molecule has 0 saturated carbocycles. The van der Waals surface area contributed by atoms with Crippen molar-refractivity contribution in [3.63, 3.8) is 0 Å². The second-order valence-electron chi connectivity index (χ2n) is 6.99. The van der Waals surface area contributed by atoms with Crippen molar-refractivity contribution >= 4 is 44.8 Å². The number of thiophene rings is 1. The minimum atomic E-state index is -0.269. The first-order chi connectivity index (χ1) is 13.8. The third-order valence-corrected chi connectivity index (χ3v) is 5.34. The van der Waals surface area contributed by atoms with Gasteiger partial charge in [-0.15, -0.1) is 11.3 Å². The van der Waals surface area contributed by atoms with Gasteiger partial charge in [0.05, 0.1) is 11.7 Å². The van der Waals surface area contributed by atoms with Crippen molar-refractivity contribution in [1.82, 2.24) is 25.7 Å². The first-order valence-electron chi connectivity index (χ1n) is 9.24. The number of hydrogen-bond acceptors (Lipinski definition) is 5. The number of carbonyl (C=O) groups is 1. The largest absolute Gasteiger partial charge is 0.359 e. The van der Waals surface area contributed by atoms with Crippen LogP contribution in [0.5, 0.6) is 0 Å². The highest BCUT2D eigenvalue weighted by atomic mass is 32.1. The number of rotatable bonds is 5. The fourth-order valence-electron chi connectivity index (χ4n) is 2.78. The molecule has 0 saturated heterocycles. The number of amides is 1. The molecule has 0 bridgehead atoms. The molecule has 0 spiro atoms. The molecular formula is C20H23N5O2S2. The molecule has 29 heavy (non-hydrogen) atoms. The van der Waals surface area contributed by atoms with Crippen LogP contribution in [-0.4, -0.2) is 26.6 Å². The highest BCUT2D eigenvalue weighted by molar-refractivity contribution is 7.80. The number of nitrogens with zero attached hydrogens (tertiary/aromatic N) is 2. The van der Waals surface area contributed by atoms with Gasteiger partial charge < -0.3 is 5.32 Å². The summed E-state index contributed by atoms with van der Waals surface area (Å²) in [6.07, 6.45) is 1.61. The van der Waals surface area contributed by atoms with Crippen LogP contribution in [0.2, 0.25) is 0 Å². The van der Waals surface area contributed by atoms with Crippen LogP contribution >= 0.6 is 23.6 Å². The molecule has 0 aliphatic heterocycles. The molecule has 7 nitrogen and oxygen atoms in total. The first kappa shape index (κ1) is 20.9. The van der Waals surface area contributed by atoms with Gasteiger partial charge >= 0.3 is 0 Å². The molecule has 1 aromatic carbocycles. The van der Waals surface area contributed by atoms with E-state index in [1.54, 1.807) is 0 Å². The third kappa shape index (κ3) is 5.18. The molecule has 9 heteroatoms. The Morgan fingerprint density at radius 1 is 1.24 bits per heavy atom. The maximum atomic E-state index is 13.0. The molecule has 1 amide bonds. The smallest absolute Gasteiger partial charge is 0.262 e. The molecule has 0 aliphatic rings. The van der Waals surface area contributed by atoms with Crippen LogP contribution in [-0.2, 0) is 11.3 Å². The number of aryl methyl sites for hydroxylation is 2. The summed E-state index contributed by atoms with van der Waals surface area (Å²) in [5.74, 6) is -0.269. The lowest BCUT2D eigenvalue weighted by Crippen LogP contribution is -2.48. The molecule has 3 aromatic rings. The maximum Gasteiger partial charge on any atom is 0.262 e. The highest BCUT2D eigenvalue weighted by Crippen LogP contribution is 2.30. The molecule has 152 valence electrons. The van der Waals surface area contributed by atoms with Crippen LogP contribution in [0.15, 0.2) is 40.8 Å². The van der Waals surface area contributed by atoms with Gasteiger partial charge in [0.2, 0.25) is 5.91 Å². The normalized spacial score (nSPS) is 10.9. The van der Waals surface area contributed by atoms with E-state index >= 15 is 0 Å². The molecule has 3 rings (SSSR count). The lowest BCUT2D eigenvalue weighted by atomic mass is 10.1. The Bertz CT molecular complexity index is 1090. The predicted molar refractivity (Wildman–Crippen MR) is 121 cm³/mol. The number of hydrogen-bond donors (Lipinski definition) is 3. The highest BCUT2D eigenvalue weighted by Gasteiger charge is 2.14. The van der Waals surface area contributed by atoms with E-state index < -0.39 is 0 Å². The van der Waals surface area contributed by atoms with E-state index in [4.69, 9.17) is 12.2 Å². The number of thiocarbonyl (C=S) groups is 1. The Balaban J connectivity index is 1.72. The SMILES string of the molecule is Cc1ccc(-c2csc3ncn(CCC(=O)NNC(=S)NC(C)C)c(=O)c23)cc1. The standard InChI is InChI=1S/C20H23N5O2S2/c1-12(2)22-20(28)24-23-16(26)8-9-25-11-21-18-17(19(25)27)15(10-29-18)14-6-4-13(3)5-7-14/h4-7,10-12H,8-9H2,1-3H3,(H,23,26)(H2,22,24,28). The zero-order valence-electron chi connectivity index (χ0n) is 16.5. The van der Waals surface area contributed by atoms with Crippen molar-refractivity contribution in [2.45, 2.75) is 39.8 Å². The predicted octanol–water partition coefficient (Wildman–Crippen LogP) is 2.73. The number of nitrogens with one attached hydrogen (secondary N) is 3. The number of carbonyl (C=O) groups excluding carboxylic acids is 1. The summed E-state index contributed by atoms with van der Waals surface area (Å²) < 4.78 is 1.47. The quantitative estimate of drug-likeness (QED) is 0.427. The molecule has 0 atom stereocenters. The Morgan fingerprint density at radius 2 is 1.97 bits per heavy atom. The molecule has 0 unspecified atom stereocenters. The van der Waals surface area contributed by atoms with Gasteiger partial charge in [-0.3, -0.25) is 25.0 Å². The van der Waals surface area contributed by atoms with Crippen LogP contribution < -0.4 is 21.7 Å². The number of benzene rings is 1. The van der Waals surface area contributed by atoms with Gasteiger partial charge in [0.15, 0.2) is 5.11 Å². The van der Waals surface area contributed by atoms with Crippen molar-refractivity contribution < 1.29 is 4.79 Å². The zero-order chi connectivity index (χ0) is 21.0. The van der Waals surface area contributed by atoms with Gasteiger partial charge in [-0.2, -0.15) is 0 Å². The first-order valence-corrected chi connectivity index (χ1v) is 10.5. The lowest BCUT2D eigenvalue weighted by molar-refractivity contribution is -0.121. The van der Waals surface area contributed by atoms with Crippen LogP contribution in [0.4, 0.5) is 0 Å². The third-order valence-electron chi connectivity index (χ3n) is 4.24. The van der Waals surface area contributed by atoms with Crippen molar-refractivity contribution in [2.24, 2.45) is 0 Å². The maximum absolute atomic E-state index is 13.0. The zero-order valence-corrected chi connectivity index (χ0v) is 18.1. The van der Waals surface area contributed by atoms with Gasteiger partial charge in [0.1, 0.15) is 4.83 Å². The Hall–Kier alpha value is -2.78. The van der Waals surface area contributed by atoms with Crippen molar-refractivity contribution in [3.05, 3.63) is 51.9 Å². The number of aromatic nitrogens is 2. The van der Waals surface area contributed by atoms with Crippen LogP contribution in [0.1, 0.15) is 25.8 Å². The van der Waals surface area contributed by atoms with Gasteiger partial charge in [-0.05, 0) is 38.6 Å². The fraction of sp³-hybridized carbons (Fsp3) is 0.300. The van der Waals surface area contributed by atoms with Gasteiger partial charge in [-0.1, -0.05) is 29.8 Å². The minimum Gasteiger partial charge on any atom is -0.359 e. The van der Waals surface area contributed by atoms with Crippen molar-refractivity contribution in [3.8, 4) is 11.1 Å². The lowest BCUT2D eigenvalue weighted by Gasteiger charge is -2.14. The average Bonchev–Trinajstić information content (AvgIpc) is 3.11. The van der Waals surface area contributed by atoms with Crippen LogP contribution in [0, 0.1) is 6.92 Å². The second-order valence-corrected chi connectivity index (χ2v) is 8.26. The summed E-state index contributed by atoms with van der Waals surface area (Å²) in [6, 6.07) is 8.20. The van der Waals surface area contributed by atoms with E-state index in [0.717, 1.165) is 16.7 Å². The van der Waals surface area contributed by atoms with E-state index in [0.29, 0.717) is 15.3 Å². The van der Waals surface area contributed by atoms with E-state index in [9.17, 15) is 9.59 Å². The van der Waals surface area contributed by atoms with Crippen LogP contribution in [0.3, 0.4) is 0 Å².